The number of rotatable bonds is 11. The highest BCUT2D eigenvalue weighted by Gasteiger charge is 2.39. The molecular formula is C31H46N4O3. The van der Waals surface area contributed by atoms with Crippen LogP contribution in [-0.2, 0) is 27.4 Å². The molecule has 1 saturated heterocycles. The summed E-state index contributed by atoms with van der Waals surface area (Å²) in [5.41, 5.74) is 2.42. The number of amides is 2. The third-order valence-electron chi connectivity index (χ3n) is 8.84. The van der Waals surface area contributed by atoms with Crippen LogP contribution in [0.1, 0.15) is 69.8 Å². The summed E-state index contributed by atoms with van der Waals surface area (Å²) in [6.45, 7) is 4.38. The van der Waals surface area contributed by atoms with Crippen molar-refractivity contribution >= 4 is 22.7 Å². The van der Waals surface area contributed by atoms with E-state index in [4.69, 9.17) is 4.74 Å². The van der Waals surface area contributed by atoms with Crippen molar-refractivity contribution in [2.45, 2.75) is 83.3 Å². The number of para-hydroxylation sites is 1. The normalized spacial score (nSPS) is 22.8. The summed E-state index contributed by atoms with van der Waals surface area (Å²) in [7, 11) is 1.74. The van der Waals surface area contributed by atoms with Gasteiger partial charge in [-0.25, -0.2) is 0 Å². The average molecular weight is 523 g/mol. The van der Waals surface area contributed by atoms with Crippen molar-refractivity contribution in [3.8, 4) is 0 Å². The van der Waals surface area contributed by atoms with Gasteiger partial charge in [0, 0.05) is 69.6 Å². The SMILES string of the molecule is COCCCn1cc(CN(C(=O)[C@H]2CNC[C@@H](C(=O)NCC3CCCCCC3)C2)C2CC2)c2ccccc21. The Morgan fingerprint density at radius 2 is 1.82 bits per heavy atom. The first-order valence-corrected chi connectivity index (χ1v) is 15.0. The van der Waals surface area contributed by atoms with Gasteiger partial charge in [0.25, 0.3) is 0 Å². The summed E-state index contributed by atoms with van der Waals surface area (Å²) >= 11 is 0. The van der Waals surface area contributed by atoms with Gasteiger partial charge in [-0.2, -0.15) is 0 Å². The van der Waals surface area contributed by atoms with Crippen molar-refractivity contribution in [2.24, 2.45) is 17.8 Å². The van der Waals surface area contributed by atoms with Crippen LogP contribution in [0.25, 0.3) is 10.9 Å². The molecule has 1 aromatic carbocycles. The molecule has 2 amide bonds. The van der Waals surface area contributed by atoms with E-state index >= 15 is 0 Å². The Kier molecular flexibility index (Phi) is 9.39. The van der Waals surface area contributed by atoms with Crippen molar-refractivity contribution < 1.29 is 14.3 Å². The minimum atomic E-state index is -0.145. The molecule has 0 radical (unpaired) electrons. The molecule has 7 nitrogen and oxygen atoms in total. The lowest BCUT2D eigenvalue weighted by Gasteiger charge is -2.33. The standard InChI is InChI=1S/C31H46N4O3/c1-38-16-8-15-34-21-26(28-11-6-7-12-29(28)34)22-35(27-13-14-27)31(37)25-17-24(19-32-20-25)30(36)33-18-23-9-4-2-3-5-10-23/h6-7,11-12,21,23-25,27,32H,2-5,8-10,13-20,22H2,1H3,(H,33,36)/t24-,25+/m0/s1. The Bertz CT molecular complexity index is 1070. The molecule has 7 heteroatoms. The molecule has 2 saturated carbocycles. The fourth-order valence-corrected chi connectivity index (χ4v) is 6.49. The van der Waals surface area contributed by atoms with Gasteiger partial charge in [-0.05, 0) is 56.1 Å². The highest BCUT2D eigenvalue weighted by molar-refractivity contribution is 5.86. The average Bonchev–Trinajstić information content (AvgIpc) is 3.77. The molecule has 2 atom stereocenters. The molecule has 2 aliphatic carbocycles. The van der Waals surface area contributed by atoms with E-state index in [1.807, 2.05) is 0 Å². The molecule has 0 bridgehead atoms. The maximum absolute atomic E-state index is 13.9. The molecule has 3 aliphatic rings. The molecule has 2 aromatic rings. The summed E-state index contributed by atoms with van der Waals surface area (Å²) in [6, 6.07) is 8.82. The fourth-order valence-electron chi connectivity index (χ4n) is 6.49. The van der Waals surface area contributed by atoms with Crippen LogP contribution in [0.4, 0.5) is 0 Å². The molecule has 0 spiro atoms. The maximum atomic E-state index is 13.9. The van der Waals surface area contributed by atoms with Crippen molar-refractivity contribution in [3.63, 3.8) is 0 Å². The first kappa shape index (κ1) is 27.2. The molecule has 1 aromatic heterocycles. The number of nitrogens with zero attached hydrogens (tertiary/aromatic N) is 2. The molecule has 0 unspecified atom stereocenters. The van der Waals surface area contributed by atoms with E-state index < -0.39 is 0 Å². The number of ether oxygens (including phenoxy) is 1. The third kappa shape index (κ3) is 6.78. The molecule has 2 N–H and O–H groups in total. The fraction of sp³-hybridized carbons (Fsp3) is 0.677. The van der Waals surface area contributed by atoms with Crippen LogP contribution in [0.5, 0.6) is 0 Å². The molecule has 208 valence electrons. The number of carbonyl (C=O) groups excluding carboxylic acids is 2. The number of hydrogen-bond acceptors (Lipinski definition) is 4. The van der Waals surface area contributed by atoms with Gasteiger partial charge in [0.05, 0.1) is 11.8 Å². The highest BCUT2D eigenvalue weighted by Crippen LogP contribution is 2.33. The lowest BCUT2D eigenvalue weighted by Crippen LogP contribution is -2.50. The Hall–Kier alpha value is -2.38. The van der Waals surface area contributed by atoms with E-state index in [1.54, 1.807) is 7.11 Å². The second-order valence-corrected chi connectivity index (χ2v) is 11.8. The van der Waals surface area contributed by atoms with Gasteiger partial charge in [-0.1, -0.05) is 43.9 Å². The second-order valence-electron chi connectivity index (χ2n) is 11.8. The van der Waals surface area contributed by atoms with E-state index in [0.29, 0.717) is 38.0 Å². The number of methoxy groups -OCH3 is 1. The van der Waals surface area contributed by atoms with Gasteiger partial charge in [0.1, 0.15) is 0 Å². The monoisotopic (exact) mass is 522 g/mol. The van der Waals surface area contributed by atoms with Crippen molar-refractivity contribution in [3.05, 3.63) is 36.0 Å². The number of aryl methyl sites for hydroxylation is 1. The van der Waals surface area contributed by atoms with Gasteiger partial charge in [0.2, 0.25) is 11.8 Å². The maximum Gasteiger partial charge on any atom is 0.227 e. The van der Waals surface area contributed by atoms with Crippen molar-refractivity contribution in [2.75, 3.05) is 33.4 Å². The Morgan fingerprint density at radius 1 is 1.05 bits per heavy atom. The van der Waals surface area contributed by atoms with Crippen LogP contribution in [0.3, 0.4) is 0 Å². The van der Waals surface area contributed by atoms with Crippen LogP contribution >= 0.6 is 0 Å². The number of aromatic nitrogens is 1. The van der Waals surface area contributed by atoms with Gasteiger partial charge < -0.3 is 24.8 Å². The lowest BCUT2D eigenvalue weighted by atomic mass is 9.88. The first-order valence-electron chi connectivity index (χ1n) is 15.0. The lowest BCUT2D eigenvalue weighted by molar-refractivity contribution is -0.138. The minimum Gasteiger partial charge on any atom is -0.385 e. The van der Waals surface area contributed by atoms with Crippen molar-refractivity contribution in [1.29, 1.82) is 0 Å². The Morgan fingerprint density at radius 3 is 2.58 bits per heavy atom. The predicted octanol–water partition coefficient (Wildman–Crippen LogP) is 4.48. The van der Waals surface area contributed by atoms with Crippen molar-refractivity contribution in [1.82, 2.24) is 20.1 Å². The summed E-state index contributed by atoms with van der Waals surface area (Å²) in [4.78, 5) is 29.1. The van der Waals surface area contributed by atoms with Crippen LogP contribution in [-0.4, -0.2) is 60.7 Å². The molecule has 1 aliphatic heterocycles. The van der Waals surface area contributed by atoms with Gasteiger partial charge in [-0.15, -0.1) is 0 Å². The smallest absolute Gasteiger partial charge is 0.227 e. The van der Waals surface area contributed by atoms with E-state index in [1.165, 1.54) is 55.0 Å². The summed E-state index contributed by atoms with van der Waals surface area (Å²) in [5.74, 6) is 0.659. The van der Waals surface area contributed by atoms with Gasteiger partial charge in [0.15, 0.2) is 0 Å². The Balaban J connectivity index is 1.22. The molecular weight excluding hydrogens is 476 g/mol. The van der Waals surface area contributed by atoms with E-state index in [2.05, 4.69) is 50.6 Å². The van der Waals surface area contributed by atoms with Crippen LogP contribution < -0.4 is 10.6 Å². The number of hydrogen-bond donors (Lipinski definition) is 2. The summed E-state index contributed by atoms with van der Waals surface area (Å²) in [6.07, 6.45) is 13.6. The van der Waals surface area contributed by atoms with Crippen LogP contribution in [0.15, 0.2) is 30.5 Å². The molecule has 5 rings (SSSR count). The Labute approximate surface area is 227 Å². The second kappa shape index (κ2) is 13.1. The number of nitrogens with one attached hydrogen (secondary N) is 2. The number of carbonyl (C=O) groups is 2. The van der Waals surface area contributed by atoms with E-state index in [0.717, 1.165) is 39.0 Å². The first-order chi connectivity index (χ1) is 18.6. The zero-order valence-electron chi connectivity index (χ0n) is 23.1. The zero-order valence-corrected chi connectivity index (χ0v) is 23.1. The number of piperidine rings is 1. The zero-order chi connectivity index (χ0) is 26.3. The highest BCUT2D eigenvalue weighted by atomic mass is 16.5. The molecule has 2 heterocycles. The summed E-state index contributed by atoms with van der Waals surface area (Å²) < 4.78 is 7.56. The summed E-state index contributed by atoms with van der Waals surface area (Å²) in [5, 5.41) is 7.88. The van der Waals surface area contributed by atoms with Gasteiger partial charge >= 0.3 is 0 Å². The largest absolute Gasteiger partial charge is 0.385 e. The minimum absolute atomic E-state index is 0.122. The van der Waals surface area contributed by atoms with E-state index in [-0.39, 0.29) is 23.7 Å². The van der Waals surface area contributed by atoms with E-state index in [9.17, 15) is 9.59 Å². The number of fused-ring (bicyclic) bond motifs is 1. The third-order valence-corrected chi connectivity index (χ3v) is 8.84. The topological polar surface area (TPSA) is 75.6 Å². The predicted molar refractivity (Wildman–Crippen MR) is 151 cm³/mol. The quantitative estimate of drug-likeness (QED) is 0.337. The number of benzene rings is 1. The molecule has 38 heavy (non-hydrogen) atoms. The molecule has 3 fully saturated rings. The van der Waals surface area contributed by atoms with Crippen LogP contribution in [0.2, 0.25) is 0 Å². The van der Waals surface area contributed by atoms with Gasteiger partial charge in [-0.3, -0.25) is 9.59 Å². The van der Waals surface area contributed by atoms with Crippen LogP contribution in [0, 0.1) is 17.8 Å².